The summed E-state index contributed by atoms with van der Waals surface area (Å²) < 4.78 is 10.3. The fourth-order valence-corrected chi connectivity index (χ4v) is 1.90. The SMILES string of the molecule is N#C/C(=C\c1ccc(-c2ccc([N+](=O)[O-])cc2)o1)C(=O)OCCCl. The summed E-state index contributed by atoms with van der Waals surface area (Å²) in [5.74, 6) is 0.0758. The van der Waals surface area contributed by atoms with Crippen molar-refractivity contribution in [3.8, 4) is 17.4 Å². The van der Waals surface area contributed by atoms with Gasteiger partial charge in [-0.15, -0.1) is 11.6 Å². The van der Waals surface area contributed by atoms with Gasteiger partial charge >= 0.3 is 5.97 Å². The van der Waals surface area contributed by atoms with Crippen LogP contribution in [-0.4, -0.2) is 23.4 Å². The molecule has 0 saturated carbocycles. The Labute approximate surface area is 141 Å². The lowest BCUT2D eigenvalue weighted by molar-refractivity contribution is -0.384. The Morgan fingerprint density at radius 1 is 1.33 bits per heavy atom. The standard InChI is InChI=1S/C16H11ClN2O5/c17-7-8-23-16(20)12(10-18)9-14-5-6-15(24-14)11-1-3-13(4-2-11)19(21)22/h1-6,9H,7-8H2/b12-9+. The number of hydrogen-bond donors (Lipinski definition) is 0. The number of nitro groups is 1. The number of hydrogen-bond acceptors (Lipinski definition) is 6. The lowest BCUT2D eigenvalue weighted by Gasteiger charge is -2.00. The van der Waals surface area contributed by atoms with Crippen molar-refractivity contribution in [2.24, 2.45) is 0 Å². The molecule has 0 spiro atoms. The number of non-ortho nitro benzene ring substituents is 1. The topological polar surface area (TPSA) is 106 Å². The average molecular weight is 347 g/mol. The molecule has 0 aliphatic carbocycles. The summed E-state index contributed by atoms with van der Waals surface area (Å²) >= 11 is 5.42. The largest absolute Gasteiger partial charge is 0.460 e. The molecule has 0 fully saturated rings. The van der Waals surface area contributed by atoms with Gasteiger partial charge in [0.1, 0.15) is 29.8 Å². The molecule has 1 aromatic carbocycles. The number of carbonyl (C=O) groups is 1. The molecule has 2 aromatic rings. The van der Waals surface area contributed by atoms with E-state index >= 15 is 0 Å². The van der Waals surface area contributed by atoms with E-state index in [1.807, 2.05) is 0 Å². The van der Waals surface area contributed by atoms with E-state index < -0.39 is 10.9 Å². The smallest absolute Gasteiger partial charge is 0.349 e. The molecule has 0 amide bonds. The van der Waals surface area contributed by atoms with Crippen molar-refractivity contribution >= 4 is 29.3 Å². The van der Waals surface area contributed by atoms with Gasteiger partial charge in [-0.2, -0.15) is 5.26 Å². The number of halogens is 1. The Kier molecular flexibility index (Phi) is 5.71. The van der Waals surface area contributed by atoms with E-state index in [4.69, 9.17) is 26.0 Å². The molecule has 8 heteroatoms. The first-order valence-electron chi connectivity index (χ1n) is 6.74. The third-order valence-electron chi connectivity index (χ3n) is 2.93. The van der Waals surface area contributed by atoms with Crippen LogP contribution in [0.15, 0.2) is 46.4 Å². The highest BCUT2D eigenvalue weighted by atomic mass is 35.5. The van der Waals surface area contributed by atoms with Crippen LogP contribution in [-0.2, 0) is 9.53 Å². The molecule has 0 bridgehead atoms. The van der Waals surface area contributed by atoms with E-state index in [9.17, 15) is 14.9 Å². The van der Waals surface area contributed by atoms with Crippen LogP contribution in [0.4, 0.5) is 5.69 Å². The lowest BCUT2D eigenvalue weighted by atomic mass is 10.1. The quantitative estimate of drug-likeness (QED) is 0.198. The van der Waals surface area contributed by atoms with E-state index in [1.54, 1.807) is 30.3 Å². The number of nitriles is 1. The van der Waals surface area contributed by atoms with E-state index in [0.29, 0.717) is 11.3 Å². The number of carbonyl (C=O) groups excluding carboxylic acids is 1. The predicted molar refractivity (Wildman–Crippen MR) is 86.1 cm³/mol. The minimum absolute atomic E-state index is 0.00556. The molecular weight excluding hydrogens is 336 g/mol. The van der Waals surface area contributed by atoms with Crippen LogP contribution in [0.1, 0.15) is 5.76 Å². The number of benzene rings is 1. The zero-order valence-electron chi connectivity index (χ0n) is 12.3. The van der Waals surface area contributed by atoms with Crippen LogP contribution < -0.4 is 0 Å². The molecule has 0 aliphatic rings. The van der Waals surface area contributed by atoms with Gasteiger partial charge in [0.05, 0.1) is 10.8 Å². The zero-order valence-corrected chi connectivity index (χ0v) is 13.0. The van der Waals surface area contributed by atoms with Crippen LogP contribution in [0, 0.1) is 21.4 Å². The summed E-state index contributed by atoms with van der Waals surface area (Å²) in [7, 11) is 0. The molecule has 1 heterocycles. The first kappa shape index (κ1) is 17.2. The number of ether oxygens (including phenoxy) is 1. The van der Waals surface area contributed by atoms with Crippen molar-refractivity contribution in [3.63, 3.8) is 0 Å². The summed E-state index contributed by atoms with van der Waals surface area (Å²) in [5, 5.41) is 19.6. The van der Waals surface area contributed by atoms with Crippen molar-refractivity contribution in [2.45, 2.75) is 0 Å². The Bertz CT molecular complexity index is 818. The minimum Gasteiger partial charge on any atom is -0.460 e. The monoisotopic (exact) mass is 346 g/mol. The lowest BCUT2D eigenvalue weighted by Crippen LogP contribution is -2.08. The first-order valence-corrected chi connectivity index (χ1v) is 7.28. The first-order chi connectivity index (χ1) is 11.5. The van der Waals surface area contributed by atoms with Gasteiger partial charge in [0.2, 0.25) is 0 Å². The van der Waals surface area contributed by atoms with Crippen LogP contribution in [0.25, 0.3) is 17.4 Å². The van der Waals surface area contributed by atoms with E-state index in [1.165, 1.54) is 18.2 Å². The highest BCUT2D eigenvalue weighted by Gasteiger charge is 2.13. The van der Waals surface area contributed by atoms with Gasteiger partial charge in [-0.05, 0) is 24.3 Å². The molecule has 0 aliphatic heterocycles. The second kappa shape index (κ2) is 7.94. The fourth-order valence-electron chi connectivity index (χ4n) is 1.82. The summed E-state index contributed by atoms with van der Waals surface area (Å²) in [4.78, 5) is 21.8. The van der Waals surface area contributed by atoms with Crippen molar-refractivity contribution in [2.75, 3.05) is 12.5 Å². The molecule has 0 unspecified atom stereocenters. The Morgan fingerprint density at radius 2 is 2.04 bits per heavy atom. The number of nitro benzene ring substituents is 1. The van der Waals surface area contributed by atoms with Gasteiger partial charge < -0.3 is 9.15 Å². The zero-order chi connectivity index (χ0) is 17.5. The third-order valence-corrected chi connectivity index (χ3v) is 3.08. The highest BCUT2D eigenvalue weighted by Crippen LogP contribution is 2.25. The molecule has 122 valence electrons. The van der Waals surface area contributed by atoms with Crippen molar-refractivity contribution in [3.05, 3.63) is 57.8 Å². The van der Waals surface area contributed by atoms with Crippen LogP contribution in [0.5, 0.6) is 0 Å². The van der Waals surface area contributed by atoms with E-state index in [-0.39, 0.29) is 29.5 Å². The number of furan rings is 1. The van der Waals surface area contributed by atoms with Gasteiger partial charge in [0.15, 0.2) is 0 Å². The minimum atomic E-state index is -0.786. The summed E-state index contributed by atoms with van der Waals surface area (Å²) in [5.41, 5.74) is 0.382. The molecule has 7 nitrogen and oxygen atoms in total. The van der Waals surface area contributed by atoms with Gasteiger partial charge in [-0.3, -0.25) is 10.1 Å². The van der Waals surface area contributed by atoms with Gasteiger partial charge in [0, 0.05) is 23.8 Å². The number of alkyl halides is 1. The van der Waals surface area contributed by atoms with Gasteiger partial charge in [-0.25, -0.2) is 4.79 Å². The molecule has 0 saturated heterocycles. The maximum atomic E-state index is 11.6. The van der Waals surface area contributed by atoms with Crippen LogP contribution >= 0.6 is 11.6 Å². The Morgan fingerprint density at radius 3 is 2.62 bits per heavy atom. The third kappa shape index (κ3) is 4.21. The second-order valence-corrected chi connectivity index (χ2v) is 4.88. The summed E-state index contributed by atoms with van der Waals surface area (Å²) in [6.07, 6.45) is 1.26. The van der Waals surface area contributed by atoms with Crippen molar-refractivity contribution in [1.29, 1.82) is 5.26 Å². The van der Waals surface area contributed by atoms with Crippen molar-refractivity contribution in [1.82, 2.24) is 0 Å². The summed E-state index contributed by atoms with van der Waals surface area (Å²) in [6, 6.07) is 10.7. The predicted octanol–water partition coefficient (Wildman–Crippen LogP) is 3.54. The molecule has 0 N–H and O–H groups in total. The normalized spacial score (nSPS) is 10.9. The fraction of sp³-hybridized carbons (Fsp3) is 0.125. The summed E-state index contributed by atoms with van der Waals surface area (Å²) in [6.45, 7) is 0.00556. The van der Waals surface area contributed by atoms with E-state index in [2.05, 4.69) is 0 Å². The molecule has 0 radical (unpaired) electrons. The molecular formula is C16H11ClN2O5. The second-order valence-electron chi connectivity index (χ2n) is 4.50. The molecule has 1 aromatic heterocycles. The van der Waals surface area contributed by atoms with Gasteiger partial charge in [0.25, 0.3) is 5.69 Å². The Balaban J connectivity index is 2.20. The number of nitrogens with zero attached hydrogens (tertiary/aromatic N) is 2. The van der Waals surface area contributed by atoms with Gasteiger partial charge in [-0.1, -0.05) is 0 Å². The molecule has 0 atom stereocenters. The van der Waals surface area contributed by atoms with Crippen LogP contribution in [0.2, 0.25) is 0 Å². The Hall–Kier alpha value is -3.11. The van der Waals surface area contributed by atoms with E-state index in [0.717, 1.165) is 0 Å². The maximum absolute atomic E-state index is 11.6. The van der Waals surface area contributed by atoms with Crippen molar-refractivity contribution < 1.29 is 18.9 Å². The number of rotatable bonds is 6. The highest BCUT2D eigenvalue weighted by molar-refractivity contribution is 6.18. The molecule has 24 heavy (non-hydrogen) atoms. The average Bonchev–Trinajstić information content (AvgIpc) is 3.06. The molecule has 2 rings (SSSR count). The van der Waals surface area contributed by atoms with Crippen LogP contribution in [0.3, 0.4) is 0 Å². The maximum Gasteiger partial charge on any atom is 0.349 e. The number of esters is 1.